The number of aromatic nitrogens is 1. The van der Waals surface area contributed by atoms with E-state index in [1.807, 2.05) is 49.4 Å². The average molecular weight is 359 g/mol. The Morgan fingerprint density at radius 3 is 2.30 bits per heavy atom. The van der Waals surface area contributed by atoms with Crippen LogP contribution < -0.4 is 10.6 Å². The van der Waals surface area contributed by atoms with Gasteiger partial charge in [0.05, 0.1) is 0 Å². The van der Waals surface area contributed by atoms with Gasteiger partial charge in [0.1, 0.15) is 11.9 Å². The highest BCUT2D eigenvalue weighted by atomic mass is 16.2. The molecular weight excluding hydrogens is 338 g/mol. The van der Waals surface area contributed by atoms with Crippen LogP contribution in [0.1, 0.15) is 21.5 Å². The number of anilines is 1. The van der Waals surface area contributed by atoms with E-state index in [0.717, 1.165) is 11.1 Å². The van der Waals surface area contributed by atoms with Gasteiger partial charge in [0.25, 0.3) is 5.91 Å². The summed E-state index contributed by atoms with van der Waals surface area (Å²) in [5.41, 5.74) is 2.47. The molecule has 3 aromatic rings. The second-order valence-electron chi connectivity index (χ2n) is 6.29. The predicted molar refractivity (Wildman–Crippen MR) is 105 cm³/mol. The summed E-state index contributed by atoms with van der Waals surface area (Å²) in [6.45, 7) is 1.93. The van der Waals surface area contributed by atoms with Gasteiger partial charge < -0.3 is 10.6 Å². The highest BCUT2D eigenvalue weighted by molar-refractivity contribution is 6.01. The summed E-state index contributed by atoms with van der Waals surface area (Å²) in [6, 6.07) is 21.4. The van der Waals surface area contributed by atoms with Gasteiger partial charge in [0.2, 0.25) is 5.91 Å². The highest BCUT2D eigenvalue weighted by Crippen LogP contribution is 2.10. The molecule has 0 saturated carbocycles. The molecule has 0 aliphatic carbocycles. The zero-order chi connectivity index (χ0) is 19.1. The minimum absolute atomic E-state index is 0.288. The summed E-state index contributed by atoms with van der Waals surface area (Å²) in [7, 11) is 0. The van der Waals surface area contributed by atoms with Gasteiger partial charge in [0.15, 0.2) is 0 Å². The van der Waals surface area contributed by atoms with Crippen LogP contribution in [0.25, 0.3) is 0 Å². The third-order valence-corrected chi connectivity index (χ3v) is 4.11. The lowest BCUT2D eigenvalue weighted by molar-refractivity contribution is -0.118. The van der Waals surface area contributed by atoms with Gasteiger partial charge >= 0.3 is 0 Å². The van der Waals surface area contributed by atoms with E-state index in [2.05, 4.69) is 15.6 Å². The van der Waals surface area contributed by atoms with Gasteiger partial charge in [-0.25, -0.2) is 4.98 Å². The van der Waals surface area contributed by atoms with Crippen molar-refractivity contribution in [1.29, 1.82) is 0 Å². The number of benzene rings is 2. The fraction of sp³-hybridized carbons (Fsp3) is 0.136. The summed E-state index contributed by atoms with van der Waals surface area (Å²) in [5, 5.41) is 5.63. The van der Waals surface area contributed by atoms with Crippen LogP contribution in [0, 0.1) is 6.92 Å². The minimum atomic E-state index is -0.720. The van der Waals surface area contributed by atoms with Crippen molar-refractivity contribution in [2.24, 2.45) is 0 Å². The standard InChI is InChI=1S/C22H21N3O2/c1-16-12-13-23-20(14-16)25-22(27)19(15-17-8-4-2-5-9-17)24-21(26)18-10-6-3-7-11-18/h2-14,19H,15H2,1H3,(H,24,26)(H,23,25,27)/t19-/m0/s1. The van der Waals surface area contributed by atoms with Gasteiger partial charge in [-0.2, -0.15) is 0 Å². The molecule has 0 unspecified atom stereocenters. The van der Waals surface area contributed by atoms with E-state index in [9.17, 15) is 9.59 Å². The van der Waals surface area contributed by atoms with Crippen molar-refractivity contribution in [2.45, 2.75) is 19.4 Å². The zero-order valence-corrected chi connectivity index (χ0v) is 15.1. The Morgan fingerprint density at radius 1 is 0.963 bits per heavy atom. The Balaban J connectivity index is 1.78. The molecule has 136 valence electrons. The van der Waals surface area contributed by atoms with Crippen LogP contribution in [0.15, 0.2) is 79.0 Å². The first-order valence-electron chi connectivity index (χ1n) is 8.75. The molecule has 1 aromatic heterocycles. The lowest BCUT2D eigenvalue weighted by Gasteiger charge is -2.18. The molecule has 1 atom stereocenters. The normalized spacial score (nSPS) is 11.4. The lowest BCUT2D eigenvalue weighted by Crippen LogP contribution is -2.45. The molecule has 5 heteroatoms. The molecular formula is C22H21N3O2. The Hall–Kier alpha value is -3.47. The van der Waals surface area contributed by atoms with Gasteiger partial charge in [-0.15, -0.1) is 0 Å². The van der Waals surface area contributed by atoms with Crippen LogP contribution in [0.4, 0.5) is 5.82 Å². The van der Waals surface area contributed by atoms with Crippen molar-refractivity contribution in [1.82, 2.24) is 10.3 Å². The summed E-state index contributed by atoms with van der Waals surface area (Å²) in [6.07, 6.45) is 2.02. The first-order valence-corrected chi connectivity index (χ1v) is 8.75. The number of pyridine rings is 1. The van der Waals surface area contributed by atoms with Crippen LogP contribution >= 0.6 is 0 Å². The first-order chi connectivity index (χ1) is 13.1. The molecule has 0 aliphatic rings. The second kappa shape index (κ2) is 8.76. The molecule has 0 spiro atoms. The maximum Gasteiger partial charge on any atom is 0.251 e. The predicted octanol–water partition coefficient (Wildman–Crippen LogP) is 3.37. The zero-order valence-electron chi connectivity index (χ0n) is 15.1. The molecule has 2 amide bonds. The molecule has 0 fully saturated rings. The van der Waals surface area contributed by atoms with Crippen molar-refractivity contribution in [3.63, 3.8) is 0 Å². The van der Waals surface area contributed by atoms with E-state index in [1.165, 1.54) is 0 Å². The van der Waals surface area contributed by atoms with E-state index in [4.69, 9.17) is 0 Å². The number of carbonyl (C=O) groups is 2. The number of aryl methyl sites for hydroxylation is 1. The molecule has 5 nitrogen and oxygen atoms in total. The molecule has 2 aromatic carbocycles. The third-order valence-electron chi connectivity index (χ3n) is 4.11. The van der Waals surface area contributed by atoms with Crippen molar-refractivity contribution in [2.75, 3.05) is 5.32 Å². The largest absolute Gasteiger partial charge is 0.340 e. The third kappa shape index (κ3) is 5.25. The lowest BCUT2D eigenvalue weighted by atomic mass is 10.0. The smallest absolute Gasteiger partial charge is 0.251 e. The number of carbonyl (C=O) groups excluding carboxylic acids is 2. The van der Waals surface area contributed by atoms with Crippen LogP contribution in [-0.2, 0) is 11.2 Å². The van der Waals surface area contributed by atoms with E-state index in [0.29, 0.717) is 17.8 Å². The van der Waals surface area contributed by atoms with Crippen LogP contribution in [0.2, 0.25) is 0 Å². The Labute approximate surface area is 158 Å². The molecule has 0 saturated heterocycles. The highest BCUT2D eigenvalue weighted by Gasteiger charge is 2.22. The molecule has 0 radical (unpaired) electrons. The van der Waals surface area contributed by atoms with E-state index in [1.54, 1.807) is 36.5 Å². The number of rotatable bonds is 6. The number of nitrogens with one attached hydrogen (secondary N) is 2. The van der Waals surface area contributed by atoms with Gasteiger partial charge in [-0.05, 0) is 42.3 Å². The average Bonchev–Trinajstić information content (AvgIpc) is 2.69. The molecule has 0 aliphatic heterocycles. The van der Waals surface area contributed by atoms with Crippen molar-refractivity contribution < 1.29 is 9.59 Å². The van der Waals surface area contributed by atoms with Gasteiger partial charge in [-0.3, -0.25) is 9.59 Å². The Kier molecular flexibility index (Phi) is 5.94. The fourth-order valence-electron chi connectivity index (χ4n) is 2.71. The monoisotopic (exact) mass is 359 g/mol. The van der Waals surface area contributed by atoms with Crippen LogP contribution in [0.5, 0.6) is 0 Å². The molecule has 1 heterocycles. The maximum atomic E-state index is 12.8. The van der Waals surface area contributed by atoms with E-state index < -0.39 is 6.04 Å². The van der Waals surface area contributed by atoms with E-state index >= 15 is 0 Å². The van der Waals surface area contributed by atoms with Crippen LogP contribution in [0.3, 0.4) is 0 Å². The topological polar surface area (TPSA) is 71.1 Å². The molecule has 3 rings (SSSR count). The van der Waals surface area contributed by atoms with Gasteiger partial charge in [-0.1, -0.05) is 48.5 Å². The SMILES string of the molecule is Cc1ccnc(NC(=O)[C@H](Cc2ccccc2)NC(=O)c2ccccc2)c1. The molecule has 0 bridgehead atoms. The van der Waals surface area contributed by atoms with Crippen LogP contribution in [-0.4, -0.2) is 22.8 Å². The summed E-state index contributed by atoms with van der Waals surface area (Å²) >= 11 is 0. The Bertz CT molecular complexity index is 911. The van der Waals surface area contributed by atoms with Crippen molar-refractivity contribution >= 4 is 17.6 Å². The molecule has 2 N–H and O–H groups in total. The summed E-state index contributed by atoms with van der Waals surface area (Å²) < 4.78 is 0. The number of amides is 2. The fourth-order valence-corrected chi connectivity index (χ4v) is 2.71. The summed E-state index contributed by atoms with van der Waals surface area (Å²) in [4.78, 5) is 29.5. The quantitative estimate of drug-likeness (QED) is 0.709. The first kappa shape index (κ1) is 18.3. The van der Waals surface area contributed by atoms with Crippen molar-refractivity contribution in [3.8, 4) is 0 Å². The van der Waals surface area contributed by atoms with Gasteiger partial charge in [0, 0.05) is 18.2 Å². The maximum absolute atomic E-state index is 12.8. The second-order valence-corrected chi connectivity index (χ2v) is 6.29. The Morgan fingerprint density at radius 2 is 1.63 bits per heavy atom. The number of hydrogen-bond donors (Lipinski definition) is 2. The minimum Gasteiger partial charge on any atom is -0.340 e. The molecule has 27 heavy (non-hydrogen) atoms. The number of hydrogen-bond acceptors (Lipinski definition) is 3. The van der Waals surface area contributed by atoms with E-state index in [-0.39, 0.29) is 11.8 Å². The summed E-state index contributed by atoms with van der Waals surface area (Å²) in [5.74, 6) is -0.128. The number of nitrogens with zero attached hydrogens (tertiary/aromatic N) is 1. The van der Waals surface area contributed by atoms with Crippen molar-refractivity contribution in [3.05, 3.63) is 95.7 Å².